The number of hydrogen-bond donors (Lipinski definition) is 1. The van der Waals surface area contributed by atoms with Gasteiger partial charge < -0.3 is 10.1 Å². The highest BCUT2D eigenvalue weighted by Gasteiger charge is 2.25. The Labute approximate surface area is 130 Å². The van der Waals surface area contributed by atoms with Crippen molar-refractivity contribution < 1.29 is 9.53 Å². The van der Waals surface area contributed by atoms with Crippen LogP contribution in [0.15, 0.2) is 30.3 Å². The van der Waals surface area contributed by atoms with Gasteiger partial charge in [-0.2, -0.15) is 5.10 Å². The molecular weight excluding hydrogens is 278 g/mol. The summed E-state index contributed by atoms with van der Waals surface area (Å²) < 4.78 is 7.36. The molecule has 1 aliphatic heterocycles. The van der Waals surface area contributed by atoms with E-state index in [4.69, 9.17) is 4.74 Å². The molecular formula is C17H21N3O2. The molecule has 2 heterocycles. The molecule has 2 aromatic rings. The van der Waals surface area contributed by atoms with E-state index in [0.29, 0.717) is 13.2 Å². The number of carbonyl (C=O) groups is 1. The number of nitrogens with one attached hydrogen (secondary N) is 1. The van der Waals surface area contributed by atoms with Crippen LogP contribution in [0.5, 0.6) is 0 Å². The van der Waals surface area contributed by atoms with Crippen LogP contribution in [0.2, 0.25) is 0 Å². The molecule has 22 heavy (non-hydrogen) atoms. The Balaban J connectivity index is 1.76. The zero-order valence-corrected chi connectivity index (χ0v) is 13.0. The third kappa shape index (κ3) is 3.04. The van der Waals surface area contributed by atoms with Crippen molar-refractivity contribution in [3.05, 3.63) is 47.3 Å². The highest BCUT2D eigenvalue weighted by atomic mass is 16.5. The van der Waals surface area contributed by atoms with Gasteiger partial charge in [0.2, 0.25) is 0 Å². The smallest absolute Gasteiger partial charge is 0.253 e. The molecule has 0 saturated carbocycles. The number of hydrogen-bond acceptors (Lipinski definition) is 3. The Kier molecular flexibility index (Phi) is 4.24. The van der Waals surface area contributed by atoms with Gasteiger partial charge in [-0.25, -0.2) is 0 Å². The first-order valence-corrected chi connectivity index (χ1v) is 7.65. The number of nitrogens with zero attached hydrogens (tertiary/aromatic N) is 2. The molecule has 5 heteroatoms. The summed E-state index contributed by atoms with van der Waals surface area (Å²) in [4.78, 5) is 12.2. The second kappa shape index (κ2) is 6.32. The highest BCUT2D eigenvalue weighted by molar-refractivity contribution is 5.95. The molecule has 1 atom stereocenters. The fraction of sp³-hybridized carbons (Fsp3) is 0.412. The topological polar surface area (TPSA) is 56.2 Å². The summed E-state index contributed by atoms with van der Waals surface area (Å²) in [6.07, 6.45) is 1.42. The number of carbonyl (C=O) groups excluding carboxylic acids is 1. The van der Waals surface area contributed by atoms with Crippen molar-refractivity contribution in [2.24, 2.45) is 0 Å². The molecule has 1 unspecified atom stereocenters. The van der Waals surface area contributed by atoms with Crippen LogP contribution in [0.25, 0.3) is 0 Å². The number of benzene rings is 1. The largest absolute Gasteiger partial charge is 0.368 e. The van der Waals surface area contributed by atoms with Crippen LogP contribution in [0, 0.1) is 13.8 Å². The van der Waals surface area contributed by atoms with Crippen LogP contribution < -0.4 is 5.32 Å². The number of rotatable bonds is 4. The van der Waals surface area contributed by atoms with Gasteiger partial charge in [0, 0.05) is 6.61 Å². The van der Waals surface area contributed by atoms with E-state index >= 15 is 0 Å². The Morgan fingerprint density at radius 1 is 1.36 bits per heavy atom. The molecule has 0 aliphatic carbocycles. The fourth-order valence-corrected chi connectivity index (χ4v) is 2.78. The van der Waals surface area contributed by atoms with Gasteiger partial charge in [-0.1, -0.05) is 30.3 Å². The number of ether oxygens (including phenoxy) is 1. The monoisotopic (exact) mass is 299 g/mol. The molecule has 1 aromatic carbocycles. The predicted octanol–water partition coefficient (Wildman–Crippen LogP) is 2.67. The second-order valence-corrected chi connectivity index (χ2v) is 5.68. The lowest BCUT2D eigenvalue weighted by atomic mass is 10.2. The number of aryl methyl sites for hydroxylation is 1. The normalized spacial score (nSPS) is 17.6. The van der Waals surface area contributed by atoms with Crippen molar-refractivity contribution in [2.75, 3.05) is 11.9 Å². The molecule has 5 nitrogen and oxygen atoms in total. The zero-order valence-electron chi connectivity index (χ0n) is 13.0. The first-order chi connectivity index (χ1) is 10.6. The first-order valence-electron chi connectivity index (χ1n) is 7.65. The van der Waals surface area contributed by atoms with Gasteiger partial charge in [0.25, 0.3) is 5.91 Å². The lowest BCUT2D eigenvalue weighted by molar-refractivity contribution is -0.124. The summed E-state index contributed by atoms with van der Waals surface area (Å²) in [7, 11) is 0. The van der Waals surface area contributed by atoms with E-state index in [0.717, 1.165) is 29.9 Å². The Bertz CT molecular complexity index is 658. The minimum atomic E-state index is -0.323. The van der Waals surface area contributed by atoms with E-state index in [-0.39, 0.29) is 12.0 Å². The van der Waals surface area contributed by atoms with Crippen LogP contribution in [-0.2, 0) is 16.1 Å². The molecule has 0 radical (unpaired) electrons. The zero-order chi connectivity index (χ0) is 15.5. The van der Waals surface area contributed by atoms with Gasteiger partial charge in [0.15, 0.2) is 0 Å². The SMILES string of the molecule is Cc1nn(Cc2ccccc2)c(C)c1NC(=O)C1CCCO1. The lowest BCUT2D eigenvalue weighted by Crippen LogP contribution is -2.27. The van der Waals surface area contributed by atoms with Crippen LogP contribution in [0.4, 0.5) is 5.69 Å². The van der Waals surface area contributed by atoms with Crippen LogP contribution in [0.1, 0.15) is 29.8 Å². The van der Waals surface area contributed by atoms with E-state index in [2.05, 4.69) is 22.5 Å². The van der Waals surface area contributed by atoms with Crippen molar-refractivity contribution in [3.63, 3.8) is 0 Å². The first kappa shape index (κ1) is 14.8. The maximum atomic E-state index is 12.2. The molecule has 116 valence electrons. The third-order valence-electron chi connectivity index (χ3n) is 4.03. The fourth-order valence-electron chi connectivity index (χ4n) is 2.78. The van der Waals surface area contributed by atoms with Crippen LogP contribution >= 0.6 is 0 Å². The van der Waals surface area contributed by atoms with Gasteiger partial charge in [-0.15, -0.1) is 0 Å². The van der Waals surface area contributed by atoms with E-state index in [1.165, 1.54) is 5.56 Å². The van der Waals surface area contributed by atoms with Crippen molar-refractivity contribution in [2.45, 2.75) is 39.3 Å². The van der Waals surface area contributed by atoms with E-state index in [1.54, 1.807) is 0 Å². The molecule has 1 aliphatic rings. The summed E-state index contributed by atoms with van der Waals surface area (Å²) >= 11 is 0. The summed E-state index contributed by atoms with van der Waals surface area (Å²) in [6, 6.07) is 10.2. The van der Waals surface area contributed by atoms with Gasteiger partial charge in [0.1, 0.15) is 6.10 Å². The number of aromatic nitrogens is 2. The highest BCUT2D eigenvalue weighted by Crippen LogP contribution is 2.22. The maximum absolute atomic E-state index is 12.2. The summed E-state index contributed by atoms with van der Waals surface area (Å²) in [5, 5.41) is 7.53. The molecule has 1 saturated heterocycles. The average molecular weight is 299 g/mol. The second-order valence-electron chi connectivity index (χ2n) is 5.68. The molecule has 1 N–H and O–H groups in total. The van der Waals surface area contributed by atoms with Crippen LogP contribution in [-0.4, -0.2) is 28.4 Å². The standard InChI is InChI=1S/C17H21N3O2/c1-12-16(18-17(21)15-9-6-10-22-15)13(2)20(19-12)11-14-7-4-3-5-8-14/h3-5,7-8,15H,6,9-11H2,1-2H3,(H,18,21). The molecule has 0 spiro atoms. The summed E-state index contributed by atoms with van der Waals surface area (Å²) in [5.74, 6) is -0.0667. The molecule has 1 amide bonds. The van der Waals surface area contributed by atoms with E-state index in [1.807, 2.05) is 36.7 Å². The number of amides is 1. The Hall–Kier alpha value is -2.14. The molecule has 1 fully saturated rings. The average Bonchev–Trinajstić information content (AvgIpc) is 3.13. The van der Waals surface area contributed by atoms with E-state index in [9.17, 15) is 4.79 Å². The van der Waals surface area contributed by atoms with Crippen molar-refractivity contribution >= 4 is 11.6 Å². The van der Waals surface area contributed by atoms with Crippen molar-refractivity contribution in [1.29, 1.82) is 0 Å². The minimum absolute atomic E-state index is 0.0667. The molecule has 1 aromatic heterocycles. The lowest BCUT2D eigenvalue weighted by Gasteiger charge is -2.11. The molecule has 0 bridgehead atoms. The quantitative estimate of drug-likeness (QED) is 0.944. The van der Waals surface area contributed by atoms with Crippen molar-refractivity contribution in [3.8, 4) is 0 Å². The van der Waals surface area contributed by atoms with Crippen LogP contribution in [0.3, 0.4) is 0 Å². The van der Waals surface area contributed by atoms with Gasteiger partial charge >= 0.3 is 0 Å². The predicted molar refractivity (Wildman–Crippen MR) is 84.8 cm³/mol. The third-order valence-corrected chi connectivity index (χ3v) is 4.03. The Morgan fingerprint density at radius 3 is 2.82 bits per heavy atom. The molecule has 3 rings (SSSR count). The summed E-state index contributed by atoms with van der Waals surface area (Å²) in [6.45, 7) is 5.26. The Morgan fingerprint density at radius 2 is 2.14 bits per heavy atom. The number of anilines is 1. The van der Waals surface area contributed by atoms with E-state index < -0.39 is 0 Å². The van der Waals surface area contributed by atoms with Gasteiger partial charge in [-0.05, 0) is 32.3 Å². The van der Waals surface area contributed by atoms with Crippen molar-refractivity contribution in [1.82, 2.24) is 9.78 Å². The summed E-state index contributed by atoms with van der Waals surface area (Å²) in [5.41, 5.74) is 3.79. The minimum Gasteiger partial charge on any atom is -0.368 e. The maximum Gasteiger partial charge on any atom is 0.253 e. The van der Waals surface area contributed by atoms with Gasteiger partial charge in [0.05, 0.1) is 23.6 Å². The van der Waals surface area contributed by atoms with Gasteiger partial charge in [-0.3, -0.25) is 9.48 Å².